The first-order chi connectivity index (χ1) is 6.18. The van der Waals surface area contributed by atoms with Crippen molar-refractivity contribution in [3.8, 4) is 0 Å². The number of nitrogens with zero attached hydrogens (tertiary/aromatic N) is 2. The third-order valence-corrected chi connectivity index (χ3v) is 2.14. The zero-order chi connectivity index (χ0) is 9.42. The number of hydrogen-bond donors (Lipinski definition) is 1. The number of carbonyl (C=O) groups excluding carboxylic acids is 1. The van der Waals surface area contributed by atoms with E-state index < -0.39 is 0 Å². The SMILES string of the molecule is Cc1ncoc1C(=O)N1CC(N)C1. The molecule has 0 atom stereocenters. The van der Waals surface area contributed by atoms with Crippen LogP contribution in [0, 0.1) is 6.92 Å². The van der Waals surface area contributed by atoms with Crippen LogP contribution >= 0.6 is 0 Å². The molecule has 0 radical (unpaired) electrons. The minimum atomic E-state index is -0.114. The Bertz CT molecular complexity index is 328. The number of rotatable bonds is 1. The van der Waals surface area contributed by atoms with E-state index in [9.17, 15) is 4.79 Å². The highest BCUT2D eigenvalue weighted by atomic mass is 16.3. The molecule has 0 unspecified atom stereocenters. The molecule has 2 heterocycles. The molecule has 70 valence electrons. The second-order valence-electron chi connectivity index (χ2n) is 3.24. The normalized spacial score (nSPS) is 17.2. The first-order valence-corrected chi connectivity index (χ1v) is 4.13. The van der Waals surface area contributed by atoms with Crippen molar-refractivity contribution in [1.29, 1.82) is 0 Å². The number of nitrogens with two attached hydrogens (primary N) is 1. The van der Waals surface area contributed by atoms with Gasteiger partial charge >= 0.3 is 0 Å². The summed E-state index contributed by atoms with van der Waals surface area (Å²) in [4.78, 5) is 17.1. The van der Waals surface area contributed by atoms with Crippen LogP contribution in [0.15, 0.2) is 10.8 Å². The van der Waals surface area contributed by atoms with Crippen LogP contribution in [-0.4, -0.2) is 34.9 Å². The van der Waals surface area contributed by atoms with Gasteiger partial charge in [-0.25, -0.2) is 4.98 Å². The predicted molar refractivity (Wildman–Crippen MR) is 45.1 cm³/mol. The highest BCUT2D eigenvalue weighted by Crippen LogP contribution is 2.14. The maximum absolute atomic E-state index is 11.6. The molecule has 0 bridgehead atoms. The molecule has 5 heteroatoms. The van der Waals surface area contributed by atoms with E-state index in [1.165, 1.54) is 6.39 Å². The second-order valence-corrected chi connectivity index (χ2v) is 3.24. The van der Waals surface area contributed by atoms with Crippen molar-refractivity contribution in [3.05, 3.63) is 17.8 Å². The van der Waals surface area contributed by atoms with E-state index in [4.69, 9.17) is 10.2 Å². The monoisotopic (exact) mass is 181 g/mol. The van der Waals surface area contributed by atoms with Gasteiger partial charge in [0.1, 0.15) is 0 Å². The fourth-order valence-electron chi connectivity index (χ4n) is 1.33. The summed E-state index contributed by atoms with van der Waals surface area (Å²) in [5, 5.41) is 0. The zero-order valence-corrected chi connectivity index (χ0v) is 7.36. The van der Waals surface area contributed by atoms with E-state index in [2.05, 4.69) is 4.98 Å². The van der Waals surface area contributed by atoms with Crippen molar-refractivity contribution in [2.45, 2.75) is 13.0 Å². The Morgan fingerprint density at radius 2 is 2.46 bits per heavy atom. The molecule has 1 amide bonds. The number of aromatic nitrogens is 1. The fraction of sp³-hybridized carbons (Fsp3) is 0.500. The molecule has 1 aromatic rings. The topological polar surface area (TPSA) is 72.4 Å². The number of hydrogen-bond acceptors (Lipinski definition) is 4. The molecule has 13 heavy (non-hydrogen) atoms. The molecule has 0 aliphatic carbocycles. The minimum Gasteiger partial charge on any atom is -0.438 e. The van der Waals surface area contributed by atoms with Crippen LogP contribution in [0.1, 0.15) is 16.2 Å². The van der Waals surface area contributed by atoms with Gasteiger partial charge in [-0.05, 0) is 6.92 Å². The molecule has 5 nitrogen and oxygen atoms in total. The van der Waals surface area contributed by atoms with E-state index in [0.29, 0.717) is 24.5 Å². The first kappa shape index (κ1) is 8.25. The molecule has 1 aliphatic rings. The highest BCUT2D eigenvalue weighted by Gasteiger charge is 2.30. The largest absolute Gasteiger partial charge is 0.438 e. The summed E-state index contributed by atoms with van der Waals surface area (Å²) < 4.78 is 4.98. The molecule has 1 aliphatic heterocycles. The van der Waals surface area contributed by atoms with Crippen molar-refractivity contribution in [1.82, 2.24) is 9.88 Å². The van der Waals surface area contributed by atoms with Gasteiger partial charge in [-0.1, -0.05) is 0 Å². The summed E-state index contributed by atoms with van der Waals surface area (Å²) in [6, 6.07) is 0.118. The van der Waals surface area contributed by atoms with Gasteiger partial charge in [0.05, 0.1) is 5.69 Å². The lowest BCUT2D eigenvalue weighted by Crippen LogP contribution is -2.57. The Kier molecular flexibility index (Phi) is 1.81. The van der Waals surface area contributed by atoms with Crippen LogP contribution in [0.2, 0.25) is 0 Å². The van der Waals surface area contributed by atoms with Crippen LogP contribution in [-0.2, 0) is 0 Å². The summed E-state index contributed by atoms with van der Waals surface area (Å²) >= 11 is 0. The van der Waals surface area contributed by atoms with Gasteiger partial charge in [0.25, 0.3) is 5.91 Å². The third kappa shape index (κ3) is 1.31. The predicted octanol–water partition coefficient (Wildman–Crippen LogP) is -0.234. The fourth-order valence-corrected chi connectivity index (χ4v) is 1.33. The Balaban J connectivity index is 2.10. The van der Waals surface area contributed by atoms with Crippen molar-refractivity contribution < 1.29 is 9.21 Å². The molecule has 2 N–H and O–H groups in total. The molecular formula is C8H11N3O2. The quantitative estimate of drug-likeness (QED) is 0.649. The molecule has 1 aromatic heterocycles. The van der Waals surface area contributed by atoms with Crippen LogP contribution in [0.5, 0.6) is 0 Å². The summed E-state index contributed by atoms with van der Waals surface area (Å²) in [5.74, 6) is 0.212. The maximum Gasteiger partial charge on any atom is 0.291 e. The molecule has 0 saturated carbocycles. The number of carbonyl (C=O) groups is 1. The Morgan fingerprint density at radius 3 is 2.92 bits per heavy atom. The van der Waals surface area contributed by atoms with Gasteiger partial charge in [-0.2, -0.15) is 0 Å². The number of aryl methyl sites for hydroxylation is 1. The minimum absolute atomic E-state index is 0.114. The lowest BCUT2D eigenvalue weighted by atomic mass is 10.1. The number of oxazole rings is 1. The van der Waals surface area contributed by atoms with Crippen molar-refractivity contribution >= 4 is 5.91 Å². The molecule has 1 saturated heterocycles. The lowest BCUT2D eigenvalue weighted by Gasteiger charge is -2.36. The first-order valence-electron chi connectivity index (χ1n) is 4.13. The number of amides is 1. The number of likely N-dealkylation sites (tertiary alicyclic amines) is 1. The molecule has 2 rings (SSSR count). The lowest BCUT2D eigenvalue weighted by molar-refractivity contribution is 0.0574. The van der Waals surface area contributed by atoms with E-state index in [-0.39, 0.29) is 11.9 Å². The van der Waals surface area contributed by atoms with Crippen LogP contribution in [0.25, 0.3) is 0 Å². The summed E-state index contributed by atoms with van der Waals surface area (Å²) in [5.41, 5.74) is 6.19. The van der Waals surface area contributed by atoms with Crippen LogP contribution in [0.4, 0.5) is 0 Å². The van der Waals surface area contributed by atoms with Crippen molar-refractivity contribution in [2.75, 3.05) is 13.1 Å². The Hall–Kier alpha value is -1.36. The molecule has 0 aromatic carbocycles. The van der Waals surface area contributed by atoms with Gasteiger partial charge < -0.3 is 15.1 Å². The van der Waals surface area contributed by atoms with Gasteiger partial charge in [0, 0.05) is 19.1 Å². The van der Waals surface area contributed by atoms with Gasteiger partial charge in [0.2, 0.25) is 5.76 Å². The van der Waals surface area contributed by atoms with Crippen molar-refractivity contribution in [2.24, 2.45) is 5.73 Å². The van der Waals surface area contributed by atoms with Gasteiger partial charge in [-0.3, -0.25) is 4.79 Å². The standard InChI is InChI=1S/C8H11N3O2/c1-5-7(13-4-10-5)8(12)11-2-6(9)3-11/h4,6H,2-3,9H2,1H3. The zero-order valence-electron chi connectivity index (χ0n) is 7.36. The van der Waals surface area contributed by atoms with E-state index >= 15 is 0 Å². The molecular weight excluding hydrogens is 170 g/mol. The average Bonchev–Trinajstić information content (AvgIpc) is 2.44. The summed E-state index contributed by atoms with van der Waals surface area (Å²) in [7, 11) is 0. The van der Waals surface area contributed by atoms with Crippen LogP contribution in [0.3, 0.4) is 0 Å². The summed E-state index contributed by atoms with van der Waals surface area (Å²) in [6.45, 7) is 2.97. The molecule has 1 fully saturated rings. The highest BCUT2D eigenvalue weighted by molar-refractivity contribution is 5.93. The van der Waals surface area contributed by atoms with E-state index in [0.717, 1.165) is 0 Å². The Morgan fingerprint density at radius 1 is 1.77 bits per heavy atom. The van der Waals surface area contributed by atoms with E-state index in [1.807, 2.05) is 0 Å². The second kappa shape index (κ2) is 2.85. The van der Waals surface area contributed by atoms with Gasteiger partial charge in [0.15, 0.2) is 6.39 Å². The smallest absolute Gasteiger partial charge is 0.291 e. The van der Waals surface area contributed by atoms with Crippen LogP contribution < -0.4 is 5.73 Å². The van der Waals surface area contributed by atoms with Crippen molar-refractivity contribution in [3.63, 3.8) is 0 Å². The molecule has 0 spiro atoms. The third-order valence-electron chi connectivity index (χ3n) is 2.14. The average molecular weight is 181 g/mol. The van der Waals surface area contributed by atoms with Gasteiger partial charge in [-0.15, -0.1) is 0 Å². The maximum atomic E-state index is 11.6. The summed E-state index contributed by atoms with van der Waals surface area (Å²) in [6.07, 6.45) is 1.28. The Labute approximate surface area is 75.5 Å². The van der Waals surface area contributed by atoms with E-state index in [1.54, 1.807) is 11.8 Å².